The number of thiophene rings is 1. The standard InChI is InChI=1S/C26H25NO6S/c1-15-12-17(31-2)8-9-19(15)24(28)22-23(16-7-10-20(32-3)21(13-16)33-4)27(26(30)25(22)29)14-18-6-5-11-34-18/h5-13,23,28H,14H2,1-4H3/b24-22+. The molecule has 1 fully saturated rings. The number of aliphatic hydroxyl groups excluding tert-OH is 1. The molecule has 1 N–H and O–H groups in total. The van der Waals surface area contributed by atoms with Crippen molar-refractivity contribution in [1.82, 2.24) is 4.90 Å². The summed E-state index contributed by atoms with van der Waals surface area (Å²) in [5.74, 6) is -0.0182. The number of hydrogen-bond donors (Lipinski definition) is 1. The van der Waals surface area contributed by atoms with Crippen molar-refractivity contribution in [2.75, 3.05) is 21.3 Å². The molecule has 1 atom stereocenters. The number of ether oxygens (including phenoxy) is 3. The third-order valence-electron chi connectivity index (χ3n) is 5.86. The van der Waals surface area contributed by atoms with Gasteiger partial charge in [0.15, 0.2) is 11.5 Å². The molecule has 1 saturated heterocycles. The topological polar surface area (TPSA) is 85.3 Å². The summed E-state index contributed by atoms with van der Waals surface area (Å²) in [6, 6.07) is 13.4. The highest BCUT2D eigenvalue weighted by molar-refractivity contribution is 7.09. The minimum absolute atomic E-state index is 0.0297. The number of aryl methyl sites for hydroxylation is 1. The van der Waals surface area contributed by atoms with Gasteiger partial charge in [0.25, 0.3) is 11.7 Å². The van der Waals surface area contributed by atoms with Crippen molar-refractivity contribution in [3.63, 3.8) is 0 Å². The Hall–Kier alpha value is -3.78. The van der Waals surface area contributed by atoms with E-state index in [-0.39, 0.29) is 17.9 Å². The molecule has 4 rings (SSSR count). The molecule has 34 heavy (non-hydrogen) atoms. The molecule has 1 unspecified atom stereocenters. The Morgan fingerprint density at radius 2 is 1.76 bits per heavy atom. The molecule has 1 aliphatic heterocycles. The van der Waals surface area contributed by atoms with Crippen molar-refractivity contribution in [2.24, 2.45) is 0 Å². The number of aliphatic hydroxyl groups is 1. The molecule has 0 radical (unpaired) electrons. The summed E-state index contributed by atoms with van der Waals surface area (Å²) in [6.45, 7) is 2.05. The zero-order valence-electron chi connectivity index (χ0n) is 19.3. The van der Waals surface area contributed by atoms with Gasteiger partial charge in [0.2, 0.25) is 0 Å². The molecule has 0 spiro atoms. The number of hydrogen-bond acceptors (Lipinski definition) is 7. The third-order valence-corrected chi connectivity index (χ3v) is 6.72. The number of amides is 1. The minimum atomic E-state index is -0.802. The fourth-order valence-electron chi connectivity index (χ4n) is 4.16. The molecule has 0 bridgehead atoms. The largest absolute Gasteiger partial charge is 0.507 e. The first-order chi connectivity index (χ1) is 16.4. The van der Waals surface area contributed by atoms with Crippen LogP contribution in [-0.4, -0.2) is 43.0 Å². The van der Waals surface area contributed by atoms with Crippen molar-refractivity contribution in [3.05, 3.63) is 81.1 Å². The molecule has 0 aliphatic carbocycles. The van der Waals surface area contributed by atoms with Crippen LogP contribution >= 0.6 is 11.3 Å². The van der Waals surface area contributed by atoms with Gasteiger partial charge in [-0.05, 0) is 59.8 Å². The maximum atomic E-state index is 13.3. The first-order valence-corrected chi connectivity index (χ1v) is 11.4. The molecule has 1 aromatic heterocycles. The number of methoxy groups -OCH3 is 3. The number of benzene rings is 2. The fourth-order valence-corrected chi connectivity index (χ4v) is 4.86. The number of carbonyl (C=O) groups excluding carboxylic acids is 2. The average Bonchev–Trinajstić information content (AvgIpc) is 3.45. The van der Waals surface area contributed by atoms with Crippen LogP contribution in [0.2, 0.25) is 0 Å². The lowest BCUT2D eigenvalue weighted by molar-refractivity contribution is -0.140. The van der Waals surface area contributed by atoms with Gasteiger partial charge in [0, 0.05) is 10.4 Å². The van der Waals surface area contributed by atoms with Gasteiger partial charge in [0.05, 0.1) is 39.5 Å². The van der Waals surface area contributed by atoms with Crippen LogP contribution in [-0.2, 0) is 16.1 Å². The Kier molecular flexibility index (Phi) is 6.61. The second-order valence-corrected chi connectivity index (χ2v) is 8.83. The lowest BCUT2D eigenvalue weighted by Crippen LogP contribution is -2.28. The fraction of sp³-hybridized carbons (Fsp3) is 0.231. The number of ketones is 1. The summed E-state index contributed by atoms with van der Waals surface area (Å²) >= 11 is 1.49. The highest BCUT2D eigenvalue weighted by Crippen LogP contribution is 2.43. The Balaban J connectivity index is 1.91. The lowest BCUT2D eigenvalue weighted by atomic mass is 9.93. The zero-order chi connectivity index (χ0) is 24.4. The minimum Gasteiger partial charge on any atom is -0.507 e. The first kappa shape index (κ1) is 23.4. The van der Waals surface area contributed by atoms with Crippen LogP contribution < -0.4 is 14.2 Å². The smallest absolute Gasteiger partial charge is 0.295 e. The molecule has 0 saturated carbocycles. The van der Waals surface area contributed by atoms with E-state index in [2.05, 4.69) is 0 Å². The van der Waals surface area contributed by atoms with Crippen molar-refractivity contribution in [3.8, 4) is 17.2 Å². The molecule has 1 amide bonds. The van der Waals surface area contributed by atoms with E-state index in [4.69, 9.17) is 14.2 Å². The van der Waals surface area contributed by atoms with Crippen LogP contribution in [0.15, 0.2) is 59.5 Å². The van der Waals surface area contributed by atoms with Crippen LogP contribution in [0.1, 0.15) is 27.6 Å². The average molecular weight is 480 g/mol. The van der Waals surface area contributed by atoms with E-state index < -0.39 is 17.7 Å². The van der Waals surface area contributed by atoms with Gasteiger partial charge >= 0.3 is 0 Å². The lowest BCUT2D eigenvalue weighted by Gasteiger charge is -2.25. The van der Waals surface area contributed by atoms with Crippen LogP contribution in [0.5, 0.6) is 17.2 Å². The zero-order valence-corrected chi connectivity index (χ0v) is 20.1. The Morgan fingerprint density at radius 3 is 2.38 bits per heavy atom. The molecular formula is C26H25NO6S. The first-order valence-electron chi connectivity index (χ1n) is 10.6. The molecule has 176 valence electrons. The second-order valence-electron chi connectivity index (χ2n) is 7.80. The van der Waals surface area contributed by atoms with Gasteiger partial charge in [-0.2, -0.15) is 0 Å². The maximum Gasteiger partial charge on any atom is 0.295 e. The molecule has 2 heterocycles. The van der Waals surface area contributed by atoms with Gasteiger partial charge in [-0.25, -0.2) is 0 Å². The molecule has 1 aliphatic rings. The van der Waals surface area contributed by atoms with E-state index in [1.54, 1.807) is 43.5 Å². The number of likely N-dealkylation sites (tertiary alicyclic amines) is 1. The van der Waals surface area contributed by atoms with Crippen molar-refractivity contribution < 1.29 is 28.9 Å². The van der Waals surface area contributed by atoms with E-state index in [1.165, 1.54) is 30.5 Å². The summed E-state index contributed by atoms with van der Waals surface area (Å²) < 4.78 is 16.1. The quantitative estimate of drug-likeness (QED) is 0.300. The summed E-state index contributed by atoms with van der Waals surface area (Å²) in [5.41, 5.74) is 1.83. The third kappa shape index (κ3) is 4.12. The number of rotatable bonds is 7. The van der Waals surface area contributed by atoms with E-state index in [9.17, 15) is 14.7 Å². The normalized spacial score (nSPS) is 17.2. The Morgan fingerprint density at radius 1 is 1.00 bits per heavy atom. The van der Waals surface area contributed by atoms with Crippen LogP contribution in [0.3, 0.4) is 0 Å². The summed E-state index contributed by atoms with van der Waals surface area (Å²) in [4.78, 5) is 28.9. The summed E-state index contributed by atoms with van der Waals surface area (Å²) in [5, 5.41) is 13.3. The Labute approximate surface area is 201 Å². The summed E-state index contributed by atoms with van der Waals surface area (Å²) in [6.07, 6.45) is 0. The predicted molar refractivity (Wildman–Crippen MR) is 129 cm³/mol. The van der Waals surface area contributed by atoms with Gasteiger partial charge in [-0.3, -0.25) is 9.59 Å². The molecule has 8 heteroatoms. The van der Waals surface area contributed by atoms with Crippen LogP contribution in [0, 0.1) is 6.92 Å². The monoisotopic (exact) mass is 479 g/mol. The van der Waals surface area contributed by atoms with E-state index in [1.807, 2.05) is 24.4 Å². The number of nitrogens with zero attached hydrogens (tertiary/aromatic N) is 1. The van der Waals surface area contributed by atoms with Crippen LogP contribution in [0.25, 0.3) is 5.76 Å². The van der Waals surface area contributed by atoms with Gasteiger partial charge in [-0.1, -0.05) is 12.1 Å². The van der Waals surface area contributed by atoms with E-state index in [0.717, 1.165) is 4.88 Å². The second kappa shape index (κ2) is 9.61. The van der Waals surface area contributed by atoms with Crippen LogP contribution in [0.4, 0.5) is 0 Å². The Bertz CT molecular complexity index is 1260. The SMILES string of the molecule is COc1ccc(/C(O)=C2\C(=O)C(=O)N(Cc3cccs3)C2c2ccc(OC)c(OC)c2)c(C)c1. The van der Waals surface area contributed by atoms with Crippen molar-refractivity contribution >= 4 is 28.8 Å². The molecule has 3 aromatic rings. The summed E-state index contributed by atoms with van der Waals surface area (Å²) in [7, 11) is 4.61. The molecular weight excluding hydrogens is 454 g/mol. The highest BCUT2D eigenvalue weighted by Gasteiger charge is 2.46. The van der Waals surface area contributed by atoms with Gasteiger partial charge < -0.3 is 24.2 Å². The van der Waals surface area contributed by atoms with Crippen molar-refractivity contribution in [1.29, 1.82) is 0 Å². The van der Waals surface area contributed by atoms with Crippen molar-refractivity contribution in [2.45, 2.75) is 19.5 Å². The number of carbonyl (C=O) groups is 2. The maximum absolute atomic E-state index is 13.3. The van der Waals surface area contributed by atoms with Gasteiger partial charge in [-0.15, -0.1) is 11.3 Å². The number of Topliss-reactive ketones (excluding diaryl/α,β-unsaturated/α-hetero) is 1. The van der Waals surface area contributed by atoms with Gasteiger partial charge in [0.1, 0.15) is 11.5 Å². The van der Waals surface area contributed by atoms with E-state index in [0.29, 0.717) is 33.9 Å². The molecule has 2 aromatic carbocycles. The highest BCUT2D eigenvalue weighted by atomic mass is 32.1. The predicted octanol–water partition coefficient (Wildman–Crippen LogP) is 4.70. The van der Waals surface area contributed by atoms with E-state index >= 15 is 0 Å². The molecule has 7 nitrogen and oxygen atoms in total.